The second-order valence-electron chi connectivity index (χ2n) is 5.74. The topological polar surface area (TPSA) is 131 Å². The molecule has 0 radical (unpaired) electrons. The lowest BCUT2D eigenvalue weighted by atomic mass is 10.2. The first kappa shape index (κ1) is 21.1. The largest absolute Gasteiger partial charge is 0.497 e. The predicted molar refractivity (Wildman–Crippen MR) is 113 cm³/mol. The number of rotatable bonds is 7. The van der Waals surface area contributed by atoms with E-state index in [1.807, 2.05) is 0 Å². The second kappa shape index (κ2) is 9.25. The predicted octanol–water partition coefficient (Wildman–Crippen LogP) is 4.20. The Morgan fingerprint density at radius 3 is 2.60 bits per heavy atom. The molecule has 1 amide bonds. The quantitative estimate of drug-likeness (QED) is 0.361. The lowest BCUT2D eigenvalue weighted by Gasteiger charge is -2.12. The monoisotopic (exact) mass is 448 g/mol. The minimum absolute atomic E-state index is 0.0791. The van der Waals surface area contributed by atoms with Gasteiger partial charge in [-0.05, 0) is 30.3 Å². The molecule has 0 aliphatic heterocycles. The number of aromatic nitrogens is 2. The Kier molecular flexibility index (Phi) is 6.50. The number of nitro groups is 1. The highest BCUT2D eigenvalue weighted by molar-refractivity contribution is 6.36. The third-order valence-electron chi connectivity index (χ3n) is 3.81. The van der Waals surface area contributed by atoms with Crippen molar-refractivity contribution in [2.24, 2.45) is 0 Å². The van der Waals surface area contributed by atoms with Crippen LogP contribution >= 0.6 is 23.2 Å². The summed E-state index contributed by atoms with van der Waals surface area (Å²) in [5.74, 6) is -0.377. The molecule has 0 saturated carbocycles. The molecule has 2 aromatic carbocycles. The fourth-order valence-corrected chi connectivity index (χ4v) is 2.92. The summed E-state index contributed by atoms with van der Waals surface area (Å²) in [4.78, 5) is 31.1. The summed E-state index contributed by atoms with van der Waals surface area (Å²) in [7, 11) is 1.50. The van der Waals surface area contributed by atoms with Gasteiger partial charge in [0.05, 0.1) is 22.6 Å². The number of benzene rings is 2. The van der Waals surface area contributed by atoms with Crippen molar-refractivity contribution in [3.8, 4) is 5.75 Å². The molecule has 0 fully saturated rings. The van der Waals surface area contributed by atoms with E-state index in [1.54, 1.807) is 24.3 Å². The van der Waals surface area contributed by atoms with Crippen LogP contribution in [0.1, 0.15) is 10.4 Å². The fraction of sp³-hybridized carbons (Fsp3) is 0.0556. The van der Waals surface area contributed by atoms with Gasteiger partial charge in [0, 0.05) is 16.8 Å². The van der Waals surface area contributed by atoms with Crippen molar-refractivity contribution in [2.45, 2.75) is 0 Å². The van der Waals surface area contributed by atoms with Gasteiger partial charge in [0.15, 0.2) is 0 Å². The van der Waals surface area contributed by atoms with E-state index in [0.29, 0.717) is 16.5 Å². The molecular formula is C18H14Cl2N6O4. The maximum atomic E-state index is 12.3. The highest BCUT2D eigenvalue weighted by Crippen LogP contribution is 2.31. The van der Waals surface area contributed by atoms with Crippen LogP contribution in [0.5, 0.6) is 5.75 Å². The van der Waals surface area contributed by atoms with Gasteiger partial charge in [-0.25, -0.2) is 9.97 Å². The first-order valence-electron chi connectivity index (χ1n) is 8.31. The minimum atomic E-state index is -0.674. The Hall–Kier alpha value is -3.63. The van der Waals surface area contributed by atoms with Crippen LogP contribution in [0.15, 0.2) is 48.8 Å². The Balaban J connectivity index is 1.83. The SMILES string of the molecule is COc1cccc(Nc2ncnc(NNC(=O)c3ccc(Cl)cc3Cl)c2[N+](=O)[O-])c1. The van der Waals surface area contributed by atoms with E-state index in [9.17, 15) is 14.9 Å². The molecule has 0 atom stereocenters. The molecule has 3 N–H and O–H groups in total. The van der Waals surface area contributed by atoms with Gasteiger partial charge in [0.25, 0.3) is 5.91 Å². The average Bonchev–Trinajstić information content (AvgIpc) is 2.72. The van der Waals surface area contributed by atoms with Crippen LogP contribution in [0.4, 0.5) is 23.0 Å². The summed E-state index contributed by atoms with van der Waals surface area (Å²) in [5.41, 5.74) is 4.92. The number of carbonyl (C=O) groups excluding carboxylic acids is 1. The Morgan fingerprint density at radius 1 is 1.13 bits per heavy atom. The Bertz CT molecular complexity index is 1110. The molecule has 30 heavy (non-hydrogen) atoms. The van der Waals surface area contributed by atoms with E-state index in [2.05, 4.69) is 26.1 Å². The van der Waals surface area contributed by atoms with E-state index in [1.165, 1.54) is 25.3 Å². The number of ether oxygens (including phenoxy) is 1. The fourth-order valence-electron chi connectivity index (χ4n) is 2.43. The molecule has 0 bridgehead atoms. The number of hydrogen-bond donors (Lipinski definition) is 3. The molecule has 0 aliphatic carbocycles. The minimum Gasteiger partial charge on any atom is -0.497 e. The van der Waals surface area contributed by atoms with E-state index in [-0.39, 0.29) is 22.2 Å². The second-order valence-corrected chi connectivity index (χ2v) is 6.58. The van der Waals surface area contributed by atoms with Crippen molar-refractivity contribution in [3.05, 3.63) is 74.5 Å². The molecule has 1 heterocycles. The molecule has 0 aliphatic rings. The molecule has 0 unspecified atom stereocenters. The zero-order valence-corrected chi connectivity index (χ0v) is 16.9. The van der Waals surface area contributed by atoms with Crippen LogP contribution in [-0.2, 0) is 0 Å². The van der Waals surface area contributed by atoms with Crippen LogP contribution in [0.25, 0.3) is 0 Å². The van der Waals surface area contributed by atoms with Crippen LogP contribution in [0.3, 0.4) is 0 Å². The van der Waals surface area contributed by atoms with Crippen molar-refractivity contribution in [1.82, 2.24) is 15.4 Å². The van der Waals surface area contributed by atoms with Gasteiger partial charge in [0.1, 0.15) is 12.1 Å². The van der Waals surface area contributed by atoms with Gasteiger partial charge >= 0.3 is 5.69 Å². The average molecular weight is 449 g/mol. The van der Waals surface area contributed by atoms with Crippen molar-refractivity contribution in [3.63, 3.8) is 0 Å². The number of nitrogens with zero attached hydrogens (tertiary/aromatic N) is 3. The lowest BCUT2D eigenvalue weighted by molar-refractivity contribution is -0.383. The zero-order valence-electron chi connectivity index (χ0n) is 15.3. The summed E-state index contributed by atoms with van der Waals surface area (Å²) in [6, 6.07) is 11.1. The third kappa shape index (κ3) is 4.85. The molecule has 0 saturated heterocycles. The van der Waals surface area contributed by atoms with Crippen LogP contribution < -0.4 is 20.9 Å². The highest BCUT2D eigenvalue weighted by atomic mass is 35.5. The number of nitrogens with one attached hydrogen (secondary N) is 3. The van der Waals surface area contributed by atoms with Gasteiger partial charge in [-0.3, -0.25) is 25.8 Å². The summed E-state index contributed by atoms with van der Waals surface area (Å²) >= 11 is 11.8. The standard InChI is InChI=1S/C18H14Cl2N6O4/c1-30-12-4-2-3-11(8-12)23-16-15(26(28)29)17(22-9-21-16)24-25-18(27)13-6-5-10(19)7-14(13)20/h2-9H,1H3,(H,25,27)(H2,21,22,23,24). The maximum Gasteiger partial charge on any atom is 0.355 e. The first-order valence-corrected chi connectivity index (χ1v) is 9.06. The molecule has 3 aromatic rings. The Labute approximate surface area is 180 Å². The number of anilines is 3. The molecule has 1 aromatic heterocycles. The highest BCUT2D eigenvalue weighted by Gasteiger charge is 2.24. The van der Waals surface area contributed by atoms with Crippen LogP contribution in [0, 0.1) is 10.1 Å². The summed E-state index contributed by atoms with van der Waals surface area (Å²) < 4.78 is 5.13. The first-order chi connectivity index (χ1) is 14.4. The molecule has 10 nitrogen and oxygen atoms in total. The smallest absolute Gasteiger partial charge is 0.355 e. The molecule has 12 heteroatoms. The van der Waals surface area contributed by atoms with E-state index < -0.39 is 16.5 Å². The molecule has 154 valence electrons. The van der Waals surface area contributed by atoms with E-state index >= 15 is 0 Å². The number of amides is 1. The lowest BCUT2D eigenvalue weighted by Crippen LogP contribution is -2.30. The van der Waals surface area contributed by atoms with E-state index in [0.717, 1.165) is 6.33 Å². The summed E-state index contributed by atoms with van der Waals surface area (Å²) in [5, 5.41) is 15.0. The van der Waals surface area contributed by atoms with Crippen molar-refractivity contribution >= 4 is 52.1 Å². The number of hydrazine groups is 1. The zero-order chi connectivity index (χ0) is 21.7. The third-order valence-corrected chi connectivity index (χ3v) is 4.36. The molecular weight excluding hydrogens is 435 g/mol. The number of carbonyl (C=O) groups is 1. The van der Waals surface area contributed by atoms with Gasteiger partial charge in [-0.15, -0.1) is 0 Å². The van der Waals surface area contributed by atoms with Gasteiger partial charge in [-0.1, -0.05) is 29.3 Å². The van der Waals surface area contributed by atoms with Gasteiger partial charge in [-0.2, -0.15) is 0 Å². The summed E-state index contributed by atoms with van der Waals surface area (Å²) in [6.07, 6.45) is 1.11. The van der Waals surface area contributed by atoms with Gasteiger partial charge in [0.2, 0.25) is 11.6 Å². The maximum absolute atomic E-state index is 12.3. The van der Waals surface area contributed by atoms with Crippen molar-refractivity contribution in [1.29, 1.82) is 0 Å². The molecule has 3 rings (SSSR count). The molecule has 0 spiro atoms. The number of halogens is 2. The number of methoxy groups -OCH3 is 1. The van der Waals surface area contributed by atoms with Gasteiger partial charge < -0.3 is 10.1 Å². The van der Waals surface area contributed by atoms with Crippen LogP contribution in [0.2, 0.25) is 10.0 Å². The van der Waals surface area contributed by atoms with E-state index in [4.69, 9.17) is 27.9 Å². The van der Waals surface area contributed by atoms with Crippen molar-refractivity contribution in [2.75, 3.05) is 17.9 Å². The van der Waals surface area contributed by atoms with Crippen molar-refractivity contribution < 1.29 is 14.5 Å². The Morgan fingerprint density at radius 2 is 1.90 bits per heavy atom. The summed E-state index contributed by atoms with van der Waals surface area (Å²) in [6.45, 7) is 0. The number of hydrogen-bond acceptors (Lipinski definition) is 8. The normalized spacial score (nSPS) is 10.2. The van der Waals surface area contributed by atoms with Crippen LogP contribution in [-0.4, -0.2) is 27.9 Å².